The number of nitrogens with zero attached hydrogens (tertiary/aromatic N) is 1. The Morgan fingerprint density at radius 1 is 0.793 bits per heavy atom. The normalized spacial score (nSPS) is 12.1. The van der Waals surface area contributed by atoms with Gasteiger partial charge in [-0.25, -0.2) is 5.43 Å². The average Bonchev–Trinajstić information content (AvgIpc) is 2.74. The first-order valence-corrected chi connectivity index (χ1v) is 9.59. The fourth-order valence-corrected chi connectivity index (χ4v) is 3.10. The number of benzene rings is 3. The first kappa shape index (κ1) is 20.5. The van der Waals surface area contributed by atoms with Gasteiger partial charge in [0.2, 0.25) is 0 Å². The summed E-state index contributed by atoms with van der Waals surface area (Å²) in [6.07, 6.45) is 1.57. The number of carbonyl (C=O) groups excluding carboxylic acids is 1. The zero-order valence-corrected chi connectivity index (χ0v) is 17.0. The Labute approximate surface area is 171 Å². The van der Waals surface area contributed by atoms with Crippen molar-refractivity contribution in [2.45, 2.75) is 31.8 Å². The summed E-state index contributed by atoms with van der Waals surface area (Å²) in [6.45, 7) is 6.47. The molecule has 148 valence electrons. The maximum Gasteiger partial charge on any atom is 0.281 e. The highest BCUT2D eigenvalue weighted by atomic mass is 16.3. The molecular formula is C25H26N2O2. The third-order valence-corrected chi connectivity index (χ3v) is 4.87. The van der Waals surface area contributed by atoms with Crippen LogP contribution in [0.5, 0.6) is 0 Å². The Hall–Kier alpha value is -3.24. The molecule has 0 fully saturated rings. The van der Waals surface area contributed by atoms with Gasteiger partial charge in [-0.1, -0.05) is 106 Å². The lowest BCUT2D eigenvalue weighted by Gasteiger charge is -2.27. The maximum atomic E-state index is 13.0. The number of nitrogens with one attached hydrogen (secondary N) is 1. The van der Waals surface area contributed by atoms with Crippen LogP contribution >= 0.6 is 0 Å². The molecular weight excluding hydrogens is 360 g/mol. The van der Waals surface area contributed by atoms with Crippen LogP contribution in [0.1, 0.15) is 43.0 Å². The van der Waals surface area contributed by atoms with Gasteiger partial charge < -0.3 is 5.11 Å². The highest BCUT2D eigenvalue weighted by Crippen LogP contribution is 2.29. The molecule has 0 aromatic heterocycles. The van der Waals surface area contributed by atoms with Crippen molar-refractivity contribution in [3.05, 3.63) is 107 Å². The number of hydrogen-bond acceptors (Lipinski definition) is 3. The minimum Gasteiger partial charge on any atom is -0.372 e. The first-order chi connectivity index (χ1) is 13.8. The van der Waals surface area contributed by atoms with Gasteiger partial charge in [0.25, 0.3) is 5.91 Å². The van der Waals surface area contributed by atoms with Crippen LogP contribution in [-0.4, -0.2) is 17.2 Å². The van der Waals surface area contributed by atoms with Crippen molar-refractivity contribution < 1.29 is 9.90 Å². The molecule has 0 bridgehead atoms. The quantitative estimate of drug-likeness (QED) is 0.505. The first-order valence-electron chi connectivity index (χ1n) is 9.59. The molecule has 2 N–H and O–H groups in total. The van der Waals surface area contributed by atoms with Gasteiger partial charge in [0.05, 0.1) is 6.21 Å². The predicted molar refractivity (Wildman–Crippen MR) is 117 cm³/mol. The monoisotopic (exact) mass is 386 g/mol. The van der Waals surface area contributed by atoms with E-state index < -0.39 is 11.5 Å². The Bertz CT molecular complexity index is 933. The Morgan fingerprint density at radius 3 is 1.72 bits per heavy atom. The van der Waals surface area contributed by atoms with E-state index in [1.165, 1.54) is 5.56 Å². The van der Waals surface area contributed by atoms with Crippen molar-refractivity contribution in [2.24, 2.45) is 5.10 Å². The molecule has 29 heavy (non-hydrogen) atoms. The molecule has 4 nitrogen and oxygen atoms in total. The minimum atomic E-state index is -1.84. The molecule has 4 heteroatoms. The van der Waals surface area contributed by atoms with Crippen LogP contribution in [0, 0.1) is 0 Å². The molecule has 0 spiro atoms. The molecule has 0 radical (unpaired) electrons. The Kier molecular flexibility index (Phi) is 5.95. The Balaban J connectivity index is 1.82. The van der Waals surface area contributed by atoms with Crippen molar-refractivity contribution in [2.75, 3.05) is 0 Å². The van der Waals surface area contributed by atoms with Crippen LogP contribution in [0.15, 0.2) is 90.0 Å². The van der Waals surface area contributed by atoms with Crippen molar-refractivity contribution >= 4 is 12.1 Å². The molecule has 3 aromatic carbocycles. The summed E-state index contributed by atoms with van der Waals surface area (Å²) < 4.78 is 0. The second-order valence-electron chi connectivity index (χ2n) is 8.01. The number of hydrogen-bond donors (Lipinski definition) is 2. The third-order valence-electron chi connectivity index (χ3n) is 4.87. The summed E-state index contributed by atoms with van der Waals surface area (Å²) in [5.74, 6) is -0.613. The van der Waals surface area contributed by atoms with Gasteiger partial charge in [0.15, 0.2) is 5.60 Å². The van der Waals surface area contributed by atoms with Crippen LogP contribution in [0.2, 0.25) is 0 Å². The highest BCUT2D eigenvalue weighted by Gasteiger charge is 2.39. The summed E-state index contributed by atoms with van der Waals surface area (Å²) in [5, 5.41) is 15.4. The van der Waals surface area contributed by atoms with E-state index >= 15 is 0 Å². The predicted octanol–water partition coefficient (Wildman–Crippen LogP) is 4.37. The lowest BCUT2D eigenvalue weighted by molar-refractivity contribution is -0.136. The van der Waals surface area contributed by atoms with E-state index in [1.807, 2.05) is 36.4 Å². The third kappa shape index (κ3) is 4.61. The standard InChI is InChI=1S/C25H26N2O2/c1-24(2,3)20-16-14-19(15-17-20)18-26-27-23(28)25(29,21-10-6-4-7-11-21)22-12-8-5-9-13-22/h4-18,29H,1-3H3,(H,27,28). The fraction of sp³-hybridized carbons (Fsp3) is 0.200. The molecule has 0 aliphatic heterocycles. The largest absolute Gasteiger partial charge is 0.372 e. The number of aliphatic hydroxyl groups is 1. The molecule has 0 heterocycles. The van der Waals surface area contributed by atoms with E-state index in [1.54, 1.807) is 54.7 Å². The summed E-state index contributed by atoms with van der Waals surface area (Å²) in [5.41, 5.74) is 3.78. The summed E-state index contributed by atoms with van der Waals surface area (Å²) in [4.78, 5) is 13.0. The van der Waals surface area contributed by atoms with Crippen molar-refractivity contribution in [3.8, 4) is 0 Å². The zero-order valence-electron chi connectivity index (χ0n) is 17.0. The molecule has 0 saturated heterocycles. The van der Waals surface area contributed by atoms with E-state index in [0.717, 1.165) is 5.56 Å². The van der Waals surface area contributed by atoms with E-state index in [9.17, 15) is 9.90 Å². The second-order valence-corrected chi connectivity index (χ2v) is 8.01. The topological polar surface area (TPSA) is 61.7 Å². The van der Waals surface area contributed by atoms with Crippen LogP contribution in [0.25, 0.3) is 0 Å². The molecule has 0 atom stereocenters. The van der Waals surface area contributed by atoms with Crippen molar-refractivity contribution in [3.63, 3.8) is 0 Å². The number of rotatable bonds is 5. The lowest BCUT2D eigenvalue weighted by Crippen LogP contribution is -2.43. The van der Waals surface area contributed by atoms with Gasteiger partial charge in [-0.15, -0.1) is 0 Å². The lowest BCUT2D eigenvalue weighted by atomic mass is 9.85. The summed E-state index contributed by atoms with van der Waals surface area (Å²) in [6, 6.07) is 25.7. The van der Waals surface area contributed by atoms with Crippen LogP contribution in [-0.2, 0) is 15.8 Å². The van der Waals surface area contributed by atoms with Crippen LogP contribution in [0.3, 0.4) is 0 Å². The van der Waals surface area contributed by atoms with E-state index in [-0.39, 0.29) is 5.41 Å². The molecule has 3 aromatic rings. The average molecular weight is 386 g/mol. The number of hydrazone groups is 1. The molecule has 0 unspecified atom stereocenters. The van der Waals surface area contributed by atoms with E-state index in [2.05, 4.69) is 31.3 Å². The second kappa shape index (κ2) is 8.41. The molecule has 0 aliphatic rings. The smallest absolute Gasteiger partial charge is 0.281 e. The fourth-order valence-electron chi connectivity index (χ4n) is 3.10. The van der Waals surface area contributed by atoms with Crippen LogP contribution in [0.4, 0.5) is 0 Å². The number of amides is 1. The van der Waals surface area contributed by atoms with Gasteiger partial charge >= 0.3 is 0 Å². The van der Waals surface area contributed by atoms with Crippen molar-refractivity contribution in [1.29, 1.82) is 0 Å². The maximum absolute atomic E-state index is 13.0. The van der Waals surface area contributed by atoms with Gasteiger partial charge in [-0.3, -0.25) is 4.79 Å². The van der Waals surface area contributed by atoms with Gasteiger partial charge in [-0.2, -0.15) is 5.10 Å². The molecule has 0 saturated carbocycles. The number of carbonyl (C=O) groups is 1. The SMILES string of the molecule is CC(C)(C)c1ccc(C=NNC(=O)C(O)(c2ccccc2)c2ccccc2)cc1. The molecule has 1 amide bonds. The zero-order chi connectivity index (χ0) is 20.9. The minimum absolute atomic E-state index is 0.0751. The molecule has 3 rings (SSSR count). The van der Waals surface area contributed by atoms with Gasteiger partial charge in [0.1, 0.15) is 0 Å². The van der Waals surface area contributed by atoms with Gasteiger partial charge in [-0.05, 0) is 27.7 Å². The van der Waals surface area contributed by atoms with Gasteiger partial charge in [0, 0.05) is 0 Å². The van der Waals surface area contributed by atoms with E-state index in [4.69, 9.17) is 0 Å². The molecule has 0 aliphatic carbocycles. The van der Waals surface area contributed by atoms with Crippen LogP contribution < -0.4 is 5.43 Å². The highest BCUT2D eigenvalue weighted by molar-refractivity contribution is 5.91. The summed E-state index contributed by atoms with van der Waals surface area (Å²) in [7, 11) is 0. The Morgan fingerprint density at radius 2 is 1.28 bits per heavy atom. The van der Waals surface area contributed by atoms with E-state index in [0.29, 0.717) is 11.1 Å². The van der Waals surface area contributed by atoms with Crippen molar-refractivity contribution in [1.82, 2.24) is 5.43 Å². The summed E-state index contributed by atoms with van der Waals surface area (Å²) >= 11 is 0.